The van der Waals surface area contributed by atoms with E-state index in [4.69, 9.17) is 0 Å². The van der Waals surface area contributed by atoms with Crippen LogP contribution in [0.25, 0.3) is 0 Å². The third-order valence-electron chi connectivity index (χ3n) is 1.85. The molecule has 0 amide bonds. The van der Waals surface area contributed by atoms with E-state index in [-0.39, 0.29) is 12.7 Å². The molecule has 0 saturated carbocycles. The Hall–Kier alpha value is -0.110. The molecule has 1 rings (SSSR count). The fourth-order valence-corrected chi connectivity index (χ4v) is 1.17. The van der Waals surface area contributed by atoms with Crippen molar-refractivity contribution in [3.63, 3.8) is 0 Å². The van der Waals surface area contributed by atoms with Crippen molar-refractivity contribution in [3.8, 4) is 0 Å². The molecule has 1 aliphatic heterocycles. The molecular weight excluding hydrogens is 105 g/mol. The Balaban J connectivity index is 2.30. The molecule has 1 heterocycles. The molecule has 0 aromatic heterocycles. The van der Waals surface area contributed by atoms with Gasteiger partial charge in [0.25, 0.3) is 0 Å². The highest BCUT2D eigenvalue weighted by molar-refractivity contribution is 4.74. The number of likely N-dealkylation sites (tertiary alicyclic amines) is 1. The lowest BCUT2D eigenvalue weighted by atomic mass is 10.2. The van der Waals surface area contributed by atoms with E-state index in [2.05, 4.69) is 4.90 Å². The molecule has 0 aromatic carbocycles. The second kappa shape index (κ2) is 2.44. The molecule has 1 nitrogen and oxygen atoms in total. The first kappa shape index (κ1) is 6.02. The van der Waals surface area contributed by atoms with Gasteiger partial charge in [0, 0.05) is 6.04 Å². The number of rotatable bonds is 1. The topological polar surface area (TPSA) is 3.24 Å². The molecule has 1 aliphatic rings. The van der Waals surface area contributed by atoms with E-state index in [9.17, 15) is 4.39 Å². The van der Waals surface area contributed by atoms with Crippen LogP contribution in [0.3, 0.4) is 0 Å². The van der Waals surface area contributed by atoms with Crippen molar-refractivity contribution in [2.24, 2.45) is 0 Å². The maximum atomic E-state index is 11.9. The molecule has 8 heavy (non-hydrogen) atoms. The smallest absolute Gasteiger partial charge is 0.105 e. The van der Waals surface area contributed by atoms with E-state index in [0.717, 1.165) is 13.0 Å². The highest BCUT2D eigenvalue weighted by Gasteiger charge is 2.19. The molecule has 1 fully saturated rings. The average Bonchev–Trinajstić information content (AvgIpc) is 2.14. The summed E-state index contributed by atoms with van der Waals surface area (Å²) in [6.07, 6.45) is 2.22. The van der Waals surface area contributed by atoms with Crippen LogP contribution in [0.1, 0.15) is 12.8 Å². The SMILES string of the molecule is CN1CCC[C@@H]1CF. The molecule has 0 aliphatic carbocycles. The Kier molecular flexibility index (Phi) is 1.84. The first-order chi connectivity index (χ1) is 3.84. The van der Waals surface area contributed by atoms with Gasteiger partial charge in [-0.2, -0.15) is 0 Å². The van der Waals surface area contributed by atoms with Crippen LogP contribution in [-0.2, 0) is 0 Å². The van der Waals surface area contributed by atoms with Crippen LogP contribution in [-0.4, -0.2) is 31.2 Å². The van der Waals surface area contributed by atoms with Gasteiger partial charge in [-0.3, -0.25) is 0 Å². The summed E-state index contributed by atoms with van der Waals surface area (Å²) < 4.78 is 11.9. The standard InChI is InChI=1S/C6H12FN/c1-8-4-2-3-6(8)5-7/h6H,2-5H2,1H3/t6-/m1/s1. The molecule has 0 unspecified atom stereocenters. The van der Waals surface area contributed by atoms with Crippen LogP contribution in [0, 0.1) is 0 Å². The van der Waals surface area contributed by atoms with Crippen LogP contribution in [0.15, 0.2) is 0 Å². The monoisotopic (exact) mass is 117 g/mol. The highest BCUT2D eigenvalue weighted by Crippen LogP contribution is 2.14. The molecular formula is C6H12FN. The maximum Gasteiger partial charge on any atom is 0.105 e. The number of nitrogens with zero attached hydrogens (tertiary/aromatic N) is 1. The minimum absolute atomic E-state index is 0.170. The zero-order valence-corrected chi connectivity index (χ0v) is 5.23. The molecule has 0 bridgehead atoms. The Morgan fingerprint density at radius 3 is 2.75 bits per heavy atom. The van der Waals surface area contributed by atoms with Gasteiger partial charge in [0.1, 0.15) is 6.67 Å². The number of halogens is 1. The zero-order chi connectivity index (χ0) is 5.98. The number of alkyl halides is 1. The molecule has 0 aromatic rings. The van der Waals surface area contributed by atoms with Crippen molar-refractivity contribution >= 4 is 0 Å². The van der Waals surface area contributed by atoms with Crippen molar-refractivity contribution in [2.75, 3.05) is 20.3 Å². The molecule has 0 N–H and O–H groups in total. The second-order valence-electron chi connectivity index (χ2n) is 2.43. The normalized spacial score (nSPS) is 31.5. The summed E-state index contributed by atoms with van der Waals surface area (Å²) in [5.41, 5.74) is 0. The minimum Gasteiger partial charge on any atom is -0.301 e. The second-order valence-corrected chi connectivity index (χ2v) is 2.43. The van der Waals surface area contributed by atoms with Gasteiger partial charge in [0.05, 0.1) is 0 Å². The third kappa shape index (κ3) is 0.996. The van der Waals surface area contributed by atoms with Crippen molar-refractivity contribution in [1.29, 1.82) is 0 Å². The molecule has 0 radical (unpaired) electrons. The number of hydrogen-bond donors (Lipinski definition) is 0. The fraction of sp³-hybridized carbons (Fsp3) is 1.00. The lowest BCUT2D eigenvalue weighted by Crippen LogP contribution is -2.26. The molecule has 1 atom stereocenters. The van der Waals surface area contributed by atoms with Gasteiger partial charge in [-0.25, -0.2) is 4.39 Å². The summed E-state index contributed by atoms with van der Waals surface area (Å²) in [6, 6.07) is 0.231. The predicted octanol–water partition coefficient (Wildman–Crippen LogP) is 1.05. The van der Waals surface area contributed by atoms with E-state index in [1.807, 2.05) is 7.05 Å². The van der Waals surface area contributed by atoms with Gasteiger partial charge in [-0.05, 0) is 26.4 Å². The highest BCUT2D eigenvalue weighted by atomic mass is 19.1. The lowest BCUT2D eigenvalue weighted by molar-refractivity contribution is 0.255. The van der Waals surface area contributed by atoms with Gasteiger partial charge < -0.3 is 4.90 Å². The number of hydrogen-bond acceptors (Lipinski definition) is 1. The predicted molar refractivity (Wildman–Crippen MR) is 31.6 cm³/mol. The quantitative estimate of drug-likeness (QED) is 0.496. The van der Waals surface area contributed by atoms with Gasteiger partial charge in [0.2, 0.25) is 0 Å². The lowest BCUT2D eigenvalue weighted by Gasteiger charge is -2.14. The first-order valence-electron chi connectivity index (χ1n) is 3.11. The molecule has 1 saturated heterocycles. The molecule has 0 spiro atoms. The summed E-state index contributed by atoms with van der Waals surface area (Å²) in [7, 11) is 1.98. The summed E-state index contributed by atoms with van der Waals surface area (Å²) in [5, 5.41) is 0. The van der Waals surface area contributed by atoms with E-state index >= 15 is 0 Å². The summed E-state index contributed by atoms with van der Waals surface area (Å²) in [6.45, 7) is 0.908. The maximum absolute atomic E-state index is 11.9. The summed E-state index contributed by atoms with van der Waals surface area (Å²) in [5.74, 6) is 0. The third-order valence-corrected chi connectivity index (χ3v) is 1.85. The largest absolute Gasteiger partial charge is 0.301 e. The van der Waals surface area contributed by atoms with Crippen LogP contribution in [0.5, 0.6) is 0 Å². The molecule has 2 heteroatoms. The Morgan fingerprint density at radius 1 is 1.75 bits per heavy atom. The van der Waals surface area contributed by atoms with Crippen LogP contribution in [0.2, 0.25) is 0 Å². The Labute approximate surface area is 49.5 Å². The summed E-state index contributed by atoms with van der Waals surface area (Å²) in [4.78, 5) is 2.08. The Bertz CT molecular complexity index is 74.9. The van der Waals surface area contributed by atoms with Crippen molar-refractivity contribution in [2.45, 2.75) is 18.9 Å². The van der Waals surface area contributed by atoms with Gasteiger partial charge in [0.15, 0.2) is 0 Å². The van der Waals surface area contributed by atoms with Crippen molar-refractivity contribution in [3.05, 3.63) is 0 Å². The molecule has 48 valence electrons. The minimum atomic E-state index is -0.170. The van der Waals surface area contributed by atoms with Gasteiger partial charge >= 0.3 is 0 Å². The summed E-state index contributed by atoms with van der Waals surface area (Å²) >= 11 is 0. The van der Waals surface area contributed by atoms with Crippen molar-refractivity contribution < 1.29 is 4.39 Å². The van der Waals surface area contributed by atoms with Crippen LogP contribution < -0.4 is 0 Å². The zero-order valence-electron chi connectivity index (χ0n) is 5.23. The fourth-order valence-electron chi connectivity index (χ4n) is 1.17. The van der Waals surface area contributed by atoms with E-state index in [0.29, 0.717) is 0 Å². The van der Waals surface area contributed by atoms with Crippen molar-refractivity contribution in [1.82, 2.24) is 4.90 Å². The van der Waals surface area contributed by atoms with E-state index < -0.39 is 0 Å². The average molecular weight is 117 g/mol. The van der Waals surface area contributed by atoms with Gasteiger partial charge in [-0.1, -0.05) is 0 Å². The first-order valence-corrected chi connectivity index (χ1v) is 3.11. The Morgan fingerprint density at radius 2 is 2.50 bits per heavy atom. The van der Waals surface area contributed by atoms with Crippen LogP contribution >= 0.6 is 0 Å². The van der Waals surface area contributed by atoms with Gasteiger partial charge in [-0.15, -0.1) is 0 Å². The van der Waals surface area contributed by atoms with Crippen LogP contribution in [0.4, 0.5) is 4.39 Å². The van der Waals surface area contributed by atoms with E-state index in [1.54, 1.807) is 0 Å². The van der Waals surface area contributed by atoms with E-state index in [1.165, 1.54) is 6.42 Å².